The fourth-order valence-corrected chi connectivity index (χ4v) is 4.62. The van der Waals surface area contributed by atoms with Gasteiger partial charge in [-0.25, -0.2) is 4.98 Å². The molecule has 0 aliphatic carbocycles. The Balaban J connectivity index is 1.65. The lowest BCUT2D eigenvalue weighted by atomic mass is 10.3. The molecule has 4 rings (SSSR count). The Morgan fingerprint density at radius 2 is 2.10 bits per heavy atom. The number of fused-ring (bicyclic) bond motifs is 1. The largest absolute Gasteiger partial charge is 0.467 e. The van der Waals surface area contributed by atoms with E-state index < -0.39 is 0 Å². The summed E-state index contributed by atoms with van der Waals surface area (Å²) in [5.41, 5.74) is 0.742. The maximum atomic E-state index is 13.1. The average Bonchev–Trinajstić information content (AvgIpc) is 3.39. The van der Waals surface area contributed by atoms with E-state index in [1.165, 1.54) is 15.9 Å². The minimum absolute atomic E-state index is 0.0704. The number of hydrogen-bond acceptors (Lipinski definition) is 6. The first-order chi connectivity index (χ1) is 14.0. The topological polar surface area (TPSA) is 77.1 Å². The van der Waals surface area contributed by atoms with Gasteiger partial charge >= 0.3 is 0 Å². The molecule has 0 bridgehead atoms. The van der Waals surface area contributed by atoms with Crippen molar-refractivity contribution in [3.05, 3.63) is 74.2 Å². The van der Waals surface area contributed by atoms with Crippen LogP contribution in [0.15, 0.2) is 62.4 Å². The van der Waals surface area contributed by atoms with Crippen LogP contribution in [0.5, 0.6) is 0 Å². The average molecular weight is 466 g/mol. The van der Waals surface area contributed by atoms with Gasteiger partial charge in [-0.2, -0.15) is 0 Å². The van der Waals surface area contributed by atoms with E-state index in [2.05, 4.69) is 10.3 Å². The van der Waals surface area contributed by atoms with Gasteiger partial charge in [0.25, 0.3) is 5.56 Å². The van der Waals surface area contributed by atoms with Crippen molar-refractivity contribution in [2.24, 2.45) is 0 Å². The van der Waals surface area contributed by atoms with Gasteiger partial charge in [0.1, 0.15) is 10.5 Å². The first kappa shape index (κ1) is 20.0. The van der Waals surface area contributed by atoms with Crippen LogP contribution in [0.25, 0.3) is 15.9 Å². The summed E-state index contributed by atoms with van der Waals surface area (Å²) in [7, 11) is 0. The first-order valence-electron chi connectivity index (χ1n) is 8.41. The minimum atomic E-state index is -0.257. The molecule has 3 heterocycles. The van der Waals surface area contributed by atoms with Gasteiger partial charge in [0.15, 0.2) is 5.16 Å². The zero-order valence-corrected chi connectivity index (χ0v) is 17.9. The van der Waals surface area contributed by atoms with Crippen LogP contribution in [0.3, 0.4) is 0 Å². The molecule has 4 aromatic rings. The molecule has 0 unspecified atom stereocenters. The lowest BCUT2D eigenvalue weighted by Gasteiger charge is -2.14. The summed E-state index contributed by atoms with van der Waals surface area (Å²) >= 11 is 14.9. The van der Waals surface area contributed by atoms with Gasteiger partial charge < -0.3 is 9.73 Å². The zero-order chi connectivity index (χ0) is 20.4. The second kappa shape index (κ2) is 8.62. The van der Waals surface area contributed by atoms with Gasteiger partial charge in [-0.1, -0.05) is 41.0 Å². The van der Waals surface area contributed by atoms with E-state index in [9.17, 15) is 9.59 Å². The number of amides is 1. The van der Waals surface area contributed by atoms with Crippen LogP contribution in [0.2, 0.25) is 10.0 Å². The number of thioether (sulfide) groups is 1. The fraction of sp³-hybridized carbons (Fsp3) is 0.105. The third-order valence-electron chi connectivity index (χ3n) is 3.99. The number of furan rings is 1. The van der Waals surface area contributed by atoms with Crippen molar-refractivity contribution < 1.29 is 9.21 Å². The van der Waals surface area contributed by atoms with Crippen molar-refractivity contribution in [2.75, 3.05) is 5.75 Å². The second-order valence-corrected chi connectivity index (χ2v) is 8.53. The molecule has 0 aliphatic heterocycles. The molecule has 10 heteroatoms. The molecule has 148 valence electrons. The SMILES string of the molecule is O=C(CSc1nc2ccsc2c(=O)n1-c1cccc(Cl)c1Cl)NCc1ccco1. The lowest BCUT2D eigenvalue weighted by molar-refractivity contribution is -0.118. The van der Waals surface area contributed by atoms with Crippen molar-refractivity contribution in [1.29, 1.82) is 0 Å². The molecule has 0 fully saturated rings. The molecule has 6 nitrogen and oxygen atoms in total. The predicted molar refractivity (Wildman–Crippen MR) is 117 cm³/mol. The molecule has 0 spiro atoms. The number of nitrogens with zero attached hydrogens (tertiary/aromatic N) is 2. The van der Waals surface area contributed by atoms with E-state index in [0.29, 0.717) is 31.8 Å². The molecule has 0 aliphatic rings. The van der Waals surface area contributed by atoms with Crippen LogP contribution in [0.1, 0.15) is 5.76 Å². The van der Waals surface area contributed by atoms with Crippen molar-refractivity contribution in [1.82, 2.24) is 14.9 Å². The molecule has 3 aromatic heterocycles. The normalized spacial score (nSPS) is 11.1. The maximum Gasteiger partial charge on any atom is 0.276 e. The highest BCUT2D eigenvalue weighted by atomic mass is 35.5. The lowest BCUT2D eigenvalue weighted by Crippen LogP contribution is -2.26. The van der Waals surface area contributed by atoms with Crippen LogP contribution in [0.4, 0.5) is 0 Å². The van der Waals surface area contributed by atoms with Crippen LogP contribution >= 0.6 is 46.3 Å². The third-order valence-corrected chi connectivity index (χ3v) is 6.63. The summed E-state index contributed by atoms with van der Waals surface area (Å²) in [4.78, 5) is 29.9. The summed E-state index contributed by atoms with van der Waals surface area (Å²) in [6.07, 6.45) is 1.55. The van der Waals surface area contributed by atoms with Crippen molar-refractivity contribution in [3.63, 3.8) is 0 Å². The van der Waals surface area contributed by atoms with Gasteiger partial charge in [0.2, 0.25) is 5.91 Å². The minimum Gasteiger partial charge on any atom is -0.467 e. The molecule has 0 atom stereocenters. The van der Waals surface area contributed by atoms with Crippen LogP contribution in [0, 0.1) is 0 Å². The van der Waals surface area contributed by atoms with Crippen molar-refractivity contribution in [3.8, 4) is 5.69 Å². The Morgan fingerprint density at radius 1 is 1.24 bits per heavy atom. The van der Waals surface area contributed by atoms with Crippen LogP contribution in [-0.4, -0.2) is 21.2 Å². The summed E-state index contributed by atoms with van der Waals surface area (Å²) < 4.78 is 7.11. The molecule has 1 aromatic carbocycles. The highest BCUT2D eigenvalue weighted by Crippen LogP contribution is 2.31. The summed E-state index contributed by atoms with van der Waals surface area (Å²) in [5.74, 6) is 0.514. The number of halogens is 2. The summed E-state index contributed by atoms with van der Waals surface area (Å²) in [6, 6.07) is 10.3. The second-order valence-electron chi connectivity index (χ2n) is 5.89. The zero-order valence-electron chi connectivity index (χ0n) is 14.7. The van der Waals surface area contributed by atoms with Gasteiger partial charge in [0.05, 0.1) is 39.8 Å². The van der Waals surface area contributed by atoms with Gasteiger partial charge in [-0.05, 0) is 35.7 Å². The Labute approximate surface area is 183 Å². The Hall–Kier alpha value is -2.26. The number of nitrogens with one attached hydrogen (secondary N) is 1. The van der Waals surface area contributed by atoms with E-state index in [4.69, 9.17) is 27.6 Å². The first-order valence-corrected chi connectivity index (χ1v) is 11.0. The van der Waals surface area contributed by atoms with E-state index in [1.807, 2.05) is 0 Å². The van der Waals surface area contributed by atoms with E-state index in [-0.39, 0.29) is 28.8 Å². The highest BCUT2D eigenvalue weighted by molar-refractivity contribution is 7.99. The summed E-state index contributed by atoms with van der Waals surface area (Å²) in [6.45, 7) is 0.288. The molecule has 29 heavy (non-hydrogen) atoms. The molecular weight excluding hydrogens is 453 g/mol. The quantitative estimate of drug-likeness (QED) is 0.328. The fourth-order valence-electron chi connectivity index (χ4n) is 2.65. The molecule has 1 N–H and O–H groups in total. The maximum absolute atomic E-state index is 13.1. The Morgan fingerprint density at radius 3 is 2.90 bits per heavy atom. The Kier molecular flexibility index (Phi) is 5.96. The third kappa shape index (κ3) is 4.20. The number of hydrogen-bond donors (Lipinski definition) is 1. The van der Waals surface area contributed by atoms with E-state index in [1.54, 1.807) is 48.0 Å². The smallest absolute Gasteiger partial charge is 0.276 e. The molecule has 1 amide bonds. The van der Waals surface area contributed by atoms with Gasteiger partial charge in [0, 0.05) is 0 Å². The summed E-state index contributed by atoms with van der Waals surface area (Å²) in [5, 5.41) is 5.50. The highest BCUT2D eigenvalue weighted by Gasteiger charge is 2.18. The number of carbonyl (C=O) groups is 1. The molecule has 0 saturated heterocycles. The van der Waals surface area contributed by atoms with Gasteiger partial charge in [-0.3, -0.25) is 14.2 Å². The van der Waals surface area contributed by atoms with Crippen molar-refractivity contribution in [2.45, 2.75) is 11.7 Å². The molecule has 0 saturated carbocycles. The van der Waals surface area contributed by atoms with Crippen LogP contribution in [-0.2, 0) is 11.3 Å². The molecular formula is C19H13Cl2N3O3S2. The molecule has 0 radical (unpaired) electrons. The van der Waals surface area contributed by atoms with Crippen LogP contribution < -0.4 is 10.9 Å². The number of aromatic nitrogens is 2. The van der Waals surface area contributed by atoms with Crippen molar-refractivity contribution >= 4 is 62.4 Å². The number of rotatable bonds is 6. The number of thiophene rings is 1. The Bertz CT molecular complexity index is 1240. The standard InChI is InChI=1S/C19H13Cl2N3O3S2/c20-12-4-1-5-14(16(12)21)24-18(26)17-13(6-8-28-17)23-19(24)29-10-15(25)22-9-11-3-2-7-27-11/h1-8H,9-10H2,(H,22,25). The van der Waals surface area contributed by atoms with E-state index >= 15 is 0 Å². The number of benzene rings is 1. The monoisotopic (exact) mass is 465 g/mol. The van der Waals surface area contributed by atoms with E-state index in [0.717, 1.165) is 11.8 Å². The predicted octanol–water partition coefficient (Wildman–Crippen LogP) is 4.76. The van der Waals surface area contributed by atoms with Gasteiger partial charge in [-0.15, -0.1) is 11.3 Å². The number of carbonyl (C=O) groups excluding carboxylic acids is 1.